The van der Waals surface area contributed by atoms with Gasteiger partial charge >= 0.3 is 0 Å². The lowest BCUT2D eigenvalue weighted by Gasteiger charge is -2.31. The fourth-order valence-corrected chi connectivity index (χ4v) is 2.94. The smallest absolute Gasteiger partial charge is 0.0700 e. The molecule has 2 rings (SSSR count). The highest BCUT2D eigenvalue weighted by atomic mass is 16.3. The molecular formula is C20H28N2O. The lowest BCUT2D eigenvalue weighted by Crippen LogP contribution is -2.29. The summed E-state index contributed by atoms with van der Waals surface area (Å²) in [6.45, 7) is 3.74. The molecule has 0 heterocycles. The lowest BCUT2D eigenvalue weighted by atomic mass is 9.79. The molecule has 0 saturated heterocycles. The van der Waals surface area contributed by atoms with Crippen LogP contribution in [0.3, 0.4) is 0 Å². The lowest BCUT2D eigenvalue weighted by molar-refractivity contribution is 0.0628. The number of nitrogens with zero attached hydrogens (tertiary/aromatic N) is 2. The van der Waals surface area contributed by atoms with Gasteiger partial charge in [-0.3, -0.25) is 0 Å². The van der Waals surface area contributed by atoms with Crippen LogP contribution in [0.2, 0.25) is 0 Å². The van der Waals surface area contributed by atoms with Gasteiger partial charge in [-0.05, 0) is 49.2 Å². The maximum Gasteiger partial charge on any atom is 0.0700 e. The maximum absolute atomic E-state index is 10.7. The molecule has 0 radical (unpaired) electrons. The molecular weight excluding hydrogens is 284 g/mol. The maximum atomic E-state index is 10.7. The zero-order chi connectivity index (χ0) is 17.2. The molecule has 0 atom stereocenters. The summed E-state index contributed by atoms with van der Waals surface area (Å²) in [6.07, 6.45) is 0. The quantitative estimate of drug-likeness (QED) is 0.911. The molecule has 0 unspecified atom stereocenters. The molecule has 0 bridgehead atoms. The van der Waals surface area contributed by atoms with Gasteiger partial charge in [0.05, 0.1) is 5.60 Å². The van der Waals surface area contributed by atoms with Crippen LogP contribution in [0.1, 0.15) is 30.9 Å². The summed E-state index contributed by atoms with van der Waals surface area (Å²) in [7, 11) is 8.12. The third kappa shape index (κ3) is 4.05. The van der Waals surface area contributed by atoms with Gasteiger partial charge in [-0.2, -0.15) is 0 Å². The molecule has 124 valence electrons. The van der Waals surface area contributed by atoms with Crippen molar-refractivity contribution in [2.75, 3.05) is 38.0 Å². The van der Waals surface area contributed by atoms with Gasteiger partial charge in [0.2, 0.25) is 0 Å². The van der Waals surface area contributed by atoms with Crippen LogP contribution in [0.15, 0.2) is 48.5 Å². The summed E-state index contributed by atoms with van der Waals surface area (Å²) in [5.41, 5.74) is 3.73. The number of anilines is 2. The number of hydrogen-bond donors (Lipinski definition) is 1. The first-order valence-corrected chi connectivity index (χ1v) is 7.97. The van der Waals surface area contributed by atoms with Gasteiger partial charge in [-0.15, -0.1) is 0 Å². The second kappa shape index (κ2) is 6.63. The van der Waals surface area contributed by atoms with E-state index < -0.39 is 5.60 Å². The number of aliphatic hydroxyl groups is 1. The molecule has 1 N–H and O–H groups in total. The van der Waals surface area contributed by atoms with Crippen molar-refractivity contribution in [1.29, 1.82) is 0 Å². The van der Waals surface area contributed by atoms with Gasteiger partial charge < -0.3 is 14.9 Å². The van der Waals surface area contributed by atoms with E-state index in [-0.39, 0.29) is 5.92 Å². The minimum atomic E-state index is -0.834. The third-order valence-corrected chi connectivity index (χ3v) is 4.19. The van der Waals surface area contributed by atoms with Gasteiger partial charge in [0.25, 0.3) is 0 Å². The summed E-state index contributed by atoms with van der Waals surface area (Å²) < 4.78 is 0. The Morgan fingerprint density at radius 3 is 1.22 bits per heavy atom. The Bertz CT molecular complexity index is 571. The summed E-state index contributed by atoms with van der Waals surface area (Å²) >= 11 is 0. The second-order valence-electron chi connectivity index (χ2n) is 7.06. The molecule has 0 aliphatic carbocycles. The predicted molar refractivity (Wildman–Crippen MR) is 99.7 cm³/mol. The van der Waals surface area contributed by atoms with Crippen molar-refractivity contribution in [2.45, 2.75) is 25.4 Å². The fourth-order valence-electron chi connectivity index (χ4n) is 2.94. The van der Waals surface area contributed by atoms with Crippen LogP contribution in [0.4, 0.5) is 11.4 Å². The molecule has 0 fully saturated rings. The van der Waals surface area contributed by atoms with E-state index >= 15 is 0 Å². The van der Waals surface area contributed by atoms with Crippen molar-refractivity contribution >= 4 is 11.4 Å². The second-order valence-corrected chi connectivity index (χ2v) is 7.06. The number of hydrogen-bond acceptors (Lipinski definition) is 3. The van der Waals surface area contributed by atoms with Crippen LogP contribution in [0.5, 0.6) is 0 Å². The van der Waals surface area contributed by atoms with E-state index in [1.54, 1.807) is 0 Å². The van der Waals surface area contributed by atoms with Crippen LogP contribution in [0.25, 0.3) is 0 Å². The molecule has 0 spiro atoms. The monoisotopic (exact) mass is 312 g/mol. The zero-order valence-electron chi connectivity index (χ0n) is 15.0. The van der Waals surface area contributed by atoms with Gasteiger partial charge in [-0.25, -0.2) is 0 Å². The minimum absolute atomic E-state index is 0.0603. The van der Waals surface area contributed by atoms with E-state index in [1.165, 1.54) is 0 Å². The van der Waals surface area contributed by atoms with Crippen molar-refractivity contribution in [3.8, 4) is 0 Å². The van der Waals surface area contributed by atoms with Gasteiger partial charge in [0.15, 0.2) is 0 Å². The highest BCUT2D eigenvalue weighted by molar-refractivity contribution is 5.51. The average Bonchev–Trinajstić information content (AvgIpc) is 2.47. The van der Waals surface area contributed by atoms with Crippen LogP contribution in [-0.4, -0.2) is 38.9 Å². The molecule has 3 heteroatoms. The Hall–Kier alpha value is -2.00. The van der Waals surface area contributed by atoms with Crippen molar-refractivity contribution in [3.05, 3.63) is 59.7 Å². The fraction of sp³-hybridized carbons (Fsp3) is 0.400. The molecule has 0 saturated carbocycles. The molecule has 0 aliphatic heterocycles. The summed E-state index contributed by atoms with van der Waals surface area (Å²) in [6, 6.07) is 16.8. The van der Waals surface area contributed by atoms with Crippen molar-refractivity contribution in [1.82, 2.24) is 0 Å². The van der Waals surface area contributed by atoms with E-state index in [0.717, 1.165) is 22.5 Å². The molecule has 0 aromatic heterocycles. The topological polar surface area (TPSA) is 26.7 Å². The van der Waals surface area contributed by atoms with E-state index in [0.29, 0.717) is 0 Å². The molecule has 2 aromatic rings. The zero-order valence-corrected chi connectivity index (χ0v) is 15.0. The Kier molecular flexibility index (Phi) is 5.00. The average molecular weight is 312 g/mol. The normalized spacial score (nSPS) is 11.7. The first-order valence-electron chi connectivity index (χ1n) is 7.97. The van der Waals surface area contributed by atoms with Crippen LogP contribution >= 0.6 is 0 Å². The predicted octanol–water partition coefficient (Wildman–Crippen LogP) is 3.72. The van der Waals surface area contributed by atoms with E-state index in [9.17, 15) is 5.11 Å². The first-order chi connectivity index (χ1) is 10.7. The minimum Gasteiger partial charge on any atom is -0.389 e. The summed E-state index contributed by atoms with van der Waals surface area (Å²) in [4.78, 5) is 4.16. The highest BCUT2D eigenvalue weighted by Gasteiger charge is 2.30. The standard InChI is InChI=1S/C20H28N2O/c1-20(2,23)19(15-7-11-17(12-8-15)21(3)4)16-9-13-18(14-10-16)22(5)6/h7-14,19,23H,1-6H3. The van der Waals surface area contributed by atoms with Crippen LogP contribution < -0.4 is 9.80 Å². The van der Waals surface area contributed by atoms with Gasteiger partial charge in [-0.1, -0.05) is 24.3 Å². The third-order valence-electron chi connectivity index (χ3n) is 4.19. The molecule has 23 heavy (non-hydrogen) atoms. The Balaban J connectivity index is 2.41. The van der Waals surface area contributed by atoms with Gasteiger partial charge in [0.1, 0.15) is 0 Å². The molecule has 0 aliphatic rings. The number of benzene rings is 2. The van der Waals surface area contributed by atoms with E-state index in [2.05, 4.69) is 58.3 Å². The number of rotatable bonds is 5. The first kappa shape index (κ1) is 17.4. The van der Waals surface area contributed by atoms with Crippen LogP contribution in [0, 0.1) is 0 Å². The Morgan fingerprint density at radius 2 is 1.00 bits per heavy atom. The Labute approximate surface area is 140 Å². The summed E-state index contributed by atoms with van der Waals surface area (Å²) in [5, 5.41) is 10.7. The van der Waals surface area contributed by atoms with Crippen molar-refractivity contribution < 1.29 is 5.11 Å². The Morgan fingerprint density at radius 1 is 0.696 bits per heavy atom. The summed E-state index contributed by atoms with van der Waals surface area (Å²) in [5.74, 6) is -0.0603. The van der Waals surface area contributed by atoms with Crippen LogP contribution in [-0.2, 0) is 0 Å². The SMILES string of the molecule is CN(C)c1ccc(C(c2ccc(N(C)C)cc2)C(C)(C)O)cc1. The van der Waals surface area contributed by atoms with E-state index in [1.807, 2.05) is 42.0 Å². The van der Waals surface area contributed by atoms with Crippen molar-refractivity contribution in [3.63, 3.8) is 0 Å². The highest BCUT2D eigenvalue weighted by Crippen LogP contribution is 2.36. The van der Waals surface area contributed by atoms with Crippen molar-refractivity contribution in [2.24, 2.45) is 0 Å². The molecule has 3 nitrogen and oxygen atoms in total. The largest absolute Gasteiger partial charge is 0.389 e. The van der Waals surface area contributed by atoms with Gasteiger partial charge in [0, 0.05) is 45.5 Å². The van der Waals surface area contributed by atoms with E-state index in [4.69, 9.17) is 0 Å². The molecule has 2 aromatic carbocycles. The molecule has 0 amide bonds.